The van der Waals surface area contributed by atoms with Crippen molar-refractivity contribution < 1.29 is 19.1 Å². The van der Waals surface area contributed by atoms with Gasteiger partial charge in [-0.2, -0.15) is 0 Å². The van der Waals surface area contributed by atoms with E-state index in [4.69, 9.17) is 14.3 Å². The van der Waals surface area contributed by atoms with Crippen LogP contribution in [0.4, 0.5) is 0 Å². The predicted molar refractivity (Wildman–Crippen MR) is 69.2 cm³/mol. The second-order valence-electron chi connectivity index (χ2n) is 4.68. The molecular weight excluding hydrogens is 260 g/mol. The lowest BCUT2D eigenvalue weighted by Gasteiger charge is -2.18. The van der Waals surface area contributed by atoms with Gasteiger partial charge in [0.25, 0.3) is 0 Å². The molecule has 0 saturated carbocycles. The third-order valence-electron chi connectivity index (χ3n) is 3.27. The van der Waals surface area contributed by atoms with Crippen LogP contribution < -0.4 is 0 Å². The average molecular weight is 274 g/mol. The quantitative estimate of drug-likeness (QED) is 0.926. The lowest BCUT2D eigenvalue weighted by atomic mass is 10.1. The van der Waals surface area contributed by atoms with E-state index in [1.54, 1.807) is 12.1 Å². The first-order valence-corrected chi connectivity index (χ1v) is 6.53. The standard InChI is InChI=1S/C14H14N2O4/c17-14(18)10-6-4-9(5-7-10)12-15-16-13(20-12)11-3-1-2-8-19-11/h4-7,11H,1-3,8H2,(H,17,18). The van der Waals surface area contributed by atoms with Gasteiger partial charge in [-0.25, -0.2) is 4.79 Å². The monoisotopic (exact) mass is 274 g/mol. The molecule has 1 unspecified atom stereocenters. The highest BCUT2D eigenvalue weighted by Gasteiger charge is 2.22. The van der Waals surface area contributed by atoms with Gasteiger partial charge in [0.05, 0.1) is 5.56 Å². The van der Waals surface area contributed by atoms with E-state index >= 15 is 0 Å². The van der Waals surface area contributed by atoms with E-state index in [0.717, 1.165) is 25.9 Å². The molecule has 104 valence electrons. The van der Waals surface area contributed by atoms with Crippen molar-refractivity contribution in [2.24, 2.45) is 0 Å². The fourth-order valence-electron chi connectivity index (χ4n) is 2.17. The first-order chi connectivity index (χ1) is 9.74. The van der Waals surface area contributed by atoms with Crippen LogP contribution in [-0.4, -0.2) is 27.9 Å². The molecule has 0 bridgehead atoms. The number of hydrogen-bond donors (Lipinski definition) is 1. The Labute approximate surface area is 115 Å². The van der Waals surface area contributed by atoms with E-state index < -0.39 is 5.97 Å². The molecule has 6 nitrogen and oxygen atoms in total. The number of rotatable bonds is 3. The highest BCUT2D eigenvalue weighted by molar-refractivity contribution is 5.88. The molecule has 20 heavy (non-hydrogen) atoms. The van der Waals surface area contributed by atoms with Gasteiger partial charge in [0.2, 0.25) is 11.8 Å². The minimum Gasteiger partial charge on any atom is -0.478 e. The minimum absolute atomic E-state index is 0.122. The van der Waals surface area contributed by atoms with Crippen LogP contribution in [-0.2, 0) is 4.74 Å². The van der Waals surface area contributed by atoms with E-state index in [0.29, 0.717) is 17.3 Å². The van der Waals surface area contributed by atoms with E-state index in [-0.39, 0.29) is 11.7 Å². The van der Waals surface area contributed by atoms with Crippen molar-refractivity contribution >= 4 is 5.97 Å². The van der Waals surface area contributed by atoms with Crippen molar-refractivity contribution in [3.05, 3.63) is 35.7 Å². The molecule has 1 aromatic carbocycles. The predicted octanol–water partition coefficient (Wildman–Crippen LogP) is 2.68. The molecule has 1 saturated heterocycles. The smallest absolute Gasteiger partial charge is 0.335 e. The Bertz CT molecular complexity index is 600. The number of ether oxygens (including phenoxy) is 1. The van der Waals surface area contributed by atoms with Crippen LogP contribution in [0.5, 0.6) is 0 Å². The average Bonchev–Trinajstić information content (AvgIpc) is 2.98. The molecule has 0 radical (unpaired) electrons. The molecule has 0 spiro atoms. The zero-order valence-electron chi connectivity index (χ0n) is 10.8. The summed E-state index contributed by atoms with van der Waals surface area (Å²) in [7, 11) is 0. The van der Waals surface area contributed by atoms with E-state index in [2.05, 4.69) is 10.2 Å². The molecule has 2 aromatic rings. The van der Waals surface area contributed by atoms with Gasteiger partial charge in [0, 0.05) is 12.2 Å². The van der Waals surface area contributed by atoms with Gasteiger partial charge in [-0.15, -0.1) is 10.2 Å². The van der Waals surface area contributed by atoms with Crippen LogP contribution in [0.3, 0.4) is 0 Å². The van der Waals surface area contributed by atoms with Crippen LogP contribution in [0.15, 0.2) is 28.7 Å². The van der Waals surface area contributed by atoms with Gasteiger partial charge in [0.1, 0.15) is 6.10 Å². The Balaban J connectivity index is 1.80. The summed E-state index contributed by atoms with van der Waals surface area (Å²) in [6.07, 6.45) is 2.92. The molecule has 1 aliphatic rings. The summed E-state index contributed by atoms with van der Waals surface area (Å²) in [6.45, 7) is 0.718. The SMILES string of the molecule is O=C(O)c1ccc(-c2nnc(C3CCCCO3)o2)cc1. The van der Waals surface area contributed by atoms with Crippen LogP contribution in [0.2, 0.25) is 0 Å². The van der Waals surface area contributed by atoms with Crippen molar-refractivity contribution in [2.75, 3.05) is 6.61 Å². The minimum atomic E-state index is -0.960. The Morgan fingerprint density at radius 3 is 2.65 bits per heavy atom. The number of carboxylic acids is 1. The molecule has 1 N–H and O–H groups in total. The van der Waals surface area contributed by atoms with Crippen molar-refractivity contribution in [2.45, 2.75) is 25.4 Å². The lowest BCUT2D eigenvalue weighted by Crippen LogP contribution is -2.11. The maximum Gasteiger partial charge on any atom is 0.335 e. The fraction of sp³-hybridized carbons (Fsp3) is 0.357. The van der Waals surface area contributed by atoms with Crippen molar-refractivity contribution in [3.8, 4) is 11.5 Å². The summed E-state index contributed by atoms with van der Waals surface area (Å²) in [6, 6.07) is 6.34. The Kier molecular flexibility index (Phi) is 3.47. The first-order valence-electron chi connectivity index (χ1n) is 6.53. The summed E-state index contributed by atoms with van der Waals surface area (Å²) in [5.74, 6) is -0.0912. The molecule has 1 aromatic heterocycles. The summed E-state index contributed by atoms with van der Waals surface area (Å²) in [4.78, 5) is 10.8. The topological polar surface area (TPSA) is 85.5 Å². The number of nitrogens with zero attached hydrogens (tertiary/aromatic N) is 2. The molecule has 1 atom stereocenters. The summed E-state index contributed by atoms with van der Waals surface area (Å²) < 4.78 is 11.2. The largest absolute Gasteiger partial charge is 0.478 e. The summed E-state index contributed by atoms with van der Waals surface area (Å²) in [5, 5.41) is 16.9. The van der Waals surface area contributed by atoms with Crippen molar-refractivity contribution in [3.63, 3.8) is 0 Å². The summed E-state index contributed by atoms with van der Waals surface area (Å²) >= 11 is 0. The maximum atomic E-state index is 10.8. The van der Waals surface area contributed by atoms with Gasteiger partial charge < -0.3 is 14.3 Å². The van der Waals surface area contributed by atoms with E-state index in [1.807, 2.05) is 0 Å². The van der Waals surface area contributed by atoms with Gasteiger partial charge >= 0.3 is 5.97 Å². The lowest BCUT2D eigenvalue weighted by molar-refractivity contribution is -0.00126. The molecule has 0 aliphatic carbocycles. The number of carbonyl (C=O) groups is 1. The Morgan fingerprint density at radius 1 is 1.20 bits per heavy atom. The van der Waals surface area contributed by atoms with Crippen molar-refractivity contribution in [1.82, 2.24) is 10.2 Å². The zero-order chi connectivity index (χ0) is 13.9. The molecule has 6 heteroatoms. The molecule has 0 amide bonds. The summed E-state index contributed by atoms with van der Waals surface area (Å²) in [5.41, 5.74) is 0.925. The van der Waals surface area contributed by atoms with Crippen LogP contribution in [0.1, 0.15) is 41.6 Å². The maximum absolute atomic E-state index is 10.8. The number of aromatic nitrogens is 2. The third-order valence-corrected chi connectivity index (χ3v) is 3.27. The third kappa shape index (κ3) is 2.55. The van der Waals surface area contributed by atoms with E-state index in [9.17, 15) is 4.79 Å². The van der Waals surface area contributed by atoms with Crippen LogP contribution >= 0.6 is 0 Å². The van der Waals surface area contributed by atoms with Gasteiger partial charge in [-0.3, -0.25) is 0 Å². The highest BCUT2D eigenvalue weighted by Crippen LogP contribution is 2.29. The Hall–Kier alpha value is -2.21. The second kappa shape index (κ2) is 5.42. The number of benzene rings is 1. The molecule has 2 heterocycles. The molecular formula is C14H14N2O4. The molecule has 1 aliphatic heterocycles. The Morgan fingerprint density at radius 2 is 2.00 bits per heavy atom. The number of hydrogen-bond acceptors (Lipinski definition) is 5. The van der Waals surface area contributed by atoms with Gasteiger partial charge in [-0.05, 0) is 43.5 Å². The van der Waals surface area contributed by atoms with Gasteiger partial charge in [0.15, 0.2) is 0 Å². The van der Waals surface area contributed by atoms with E-state index in [1.165, 1.54) is 12.1 Å². The highest BCUT2D eigenvalue weighted by atomic mass is 16.5. The second-order valence-corrected chi connectivity index (χ2v) is 4.68. The zero-order valence-corrected chi connectivity index (χ0v) is 10.8. The van der Waals surface area contributed by atoms with Crippen LogP contribution in [0.25, 0.3) is 11.5 Å². The molecule has 3 rings (SSSR count). The van der Waals surface area contributed by atoms with Crippen LogP contribution in [0, 0.1) is 0 Å². The first kappa shape index (κ1) is 12.8. The van der Waals surface area contributed by atoms with Gasteiger partial charge in [-0.1, -0.05) is 0 Å². The number of aromatic carboxylic acids is 1. The number of carboxylic acid groups (broad SMARTS) is 1. The normalized spacial score (nSPS) is 18.9. The fourth-order valence-corrected chi connectivity index (χ4v) is 2.17. The molecule has 1 fully saturated rings. The van der Waals surface area contributed by atoms with Crippen molar-refractivity contribution in [1.29, 1.82) is 0 Å².